The van der Waals surface area contributed by atoms with E-state index in [1.165, 1.54) is 0 Å². The van der Waals surface area contributed by atoms with Crippen LogP contribution in [0.15, 0.2) is 12.1 Å². The molecule has 0 unspecified atom stereocenters. The number of nitrogens with one attached hydrogen (secondary N) is 1. The zero-order chi connectivity index (χ0) is 12.8. The van der Waals surface area contributed by atoms with E-state index in [2.05, 4.69) is 5.32 Å². The van der Waals surface area contributed by atoms with Gasteiger partial charge in [-0.25, -0.2) is 0 Å². The maximum absolute atomic E-state index is 11.3. The number of nitrogens with two attached hydrogens (primary N) is 1. The molecule has 0 aliphatic heterocycles. The number of likely N-dealkylation sites (N-methyl/N-ethyl adjacent to an activating group) is 1. The minimum absolute atomic E-state index is 0.0950. The van der Waals surface area contributed by atoms with Crippen LogP contribution in [0.25, 0.3) is 0 Å². The molecule has 0 bridgehead atoms. The lowest BCUT2D eigenvalue weighted by Crippen LogP contribution is -2.28. The van der Waals surface area contributed by atoms with Crippen molar-refractivity contribution in [3.05, 3.63) is 27.7 Å². The Morgan fingerprint density at radius 2 is 2.18 bits per heavy atom. The first-order chi connectivity index (χ1) is 8.08. The zero-order valence-electron chi connectivity index (χ0n) is 9.43. The van der Waals surface area contributed by atoms with Gasteiger partial charge in [-0.1, -0.05) is 23.2 Å². The molecule has 0 aliphatic carbocycles. The van der Waals surface area contributed by atoms with E-state index in [4.69, 9.17) is 33.7 Å². The van der Waals surface area contributed by atoms with Gasteiger partial charge in [-0.2, -0.15) is 0 Å². The Morgan fingerprint density at radius 1 is 1.47 bits per heavy atom. The zero-order valence-corrected chi connectivity index (χ0v) is 10.9. The quantitative estimate of drug-likeness (QED) is 0.864. The lowest BCUT2D eigenvalue weighted by atomic mass is 10.2. The van der Waals surface area contributed by atoms with Crippen LogP contribution >= 0.6 is 23.2 Å². The van der Waals surface area contributed by atoms with Crippen molar-refractivity contribution in [3.8, 4) is 5.75 Å². The molecule has 0 spiro atoms. The first-order valence-electron chi connectivity index (χ1n) is 5.16. The van der Waals surface area contributed by atoms with Gasteiger partial charge >= 0.3 is 0 Å². The number of amides is 1. The van der Waals surface area contributed by atoms with Crippen LogP contribution in [-0.4, -0.2) is 19.1 Å². The summed E-state index contributed by atoms with van der Waals surface area (Å²) < 4.78 is 5.35. The minimum atomic E-state index is -0.207. The molecule has 1 rings (SSSR count). The van der Waals surface area contributed by atoms with Gasteiger partial charge < -0.3 is 15.8 Å². The lowest BCUT2D eigenvalue weighted by Gasteiger charge is -2.12. The van der Waals surface area contributed by atoms with Crippen LogP contribution < -0.4 is 15.8 Å². The van der Waals surface area contributed by atoms with Crippen LogP contribution in [0.4, 0.5) is 0 Å². The Balaban J connectivity index is 2.79. The van der Waals surface area contributed by atoms with Gasteiger partial charge in [-0.15, -0.1) is 0 Å². The van der Waals surface area contributed by atoms with Crippen molar-refractivity contribution in [1.82, 2.24) is 5.32 Å². The number of benzene rings is 1. The number of ether oxygens (including phenoxy) is 1. The average Bonchev–Trinajstić information content (AvgIpc) is 2.27. The SMILES string of the molecule is CCNC(=O)COc1c(Cl)cc(Cl)cc1CN. The molecule has 1 aromatic rings. The van der Waals surface area contributed by atoms with E-state index in [0.29, 0.717) is 27.9 Å². The van der Waals surface area contributed by atoms with Crippen molar-refractivity contribution in [3.63, 3.8) is 0 Å². The third kappa shape index (κ3) is 4.07. The van der Waals surface area contributed by atoms with E-state index in [9.17, 15) is 4.79 Å². The van der Waals surface area contributed by atoms with Crippen LogP contribution in [0.2, 0.25) is 10.0 Å². The Bertz CT molecular complexity index is 411. The molecule has 17 heavy (non-hydrogen) atoms. The molecule has 0 heterocycles. The lowest BCUT2D eigenvalue weighted by molar-refractivity contribution is -0.122. The summed E-state index contributed by atoms with van der Waals surface area (Å²) in [5.74, 6) is 0.200. The second-order valence-corrected chi connectivity index (χ2v) is 4.17. The first kappa shape index (κ1) is 14.1. The van der Waals surface area contributed by atoms with Crippen molar-refractivity contribution in [2.75, 3.05) is 13.2 Å². The molecule has 0 fully saturated rings. The largest absolute Gasteiger partial charge is 0.482 e. The molecule has 0 radical (unpaired) electrons. The molecule has 0 saturated carbocycles. The van der Waals surface area contributed by atoms with Gasteiger partial charge in [0.25, 0.3) is 5.91 Å². The van der Waals surface area contributed by atoms with Crippen molar-refractivity contribution in [1.29, 1.82) is 0 Å². The van der Waals surface area contributed by atoms with Gasteiger partial charge in [-0.3, -0.25) is 4.79 Å². The van der Waals surface area contributed by atoms with Crippen molar-refractivity contribution < 1.29 is 9.53 Å². The fourth-order valence-electron chi connectivity index (χ4n) is 1.31. The van der Waals surface area contributed by atoms with Gasteiger partial charge in [-0.05, 0) is 19.1 Å². The van der Waals surface area contributed by atoms with E-state index < -0.39 is 0 Å². The first-order valence-corrected chi connectivity index (χ1v) is 5.91. The highest BCUT2D eigenvalue weighted by Crippen LogP contribution is 2.32. The van der Waals surface area contributed by atoms with E-state index in [0.717, 1.165) is 0 Å². The van der Waals surface area contributed by atoms with Gasteiger partial charge in [0.2, 0.25) is 0 Å². The molecule has 6 heteroatoms. The predicted molar refractivity (Wildman–Crippen MR) is 68.5 cm³/mol. The predicted octanol–water partition coefficient (Wildman–Crippen LogP) is 1.97. The smallest absolute Gasteiger partial charge is 0.257 e. The van der Waals surface area contributed by atoms with Crippen LogP contribution in [0, 0.1) is 0 Å². The average molecular weight is 277 g/mol. The third-order valence-electron chi connectivity index (χ3n) is 2.03. The Kier molecular flexibility index (Phi) is 5.55. The molecular weight excluding hydrogens is 263 g/mol. The van der Waals surface area contributed by atoms with E-state index in [1.54, 1.807) is 12.1 Å². The molecule has 0 aliphatic rings. The molecular formula is C11H14Cl2N2O2. The summed E-state index contributed by atoms with van der Waals surface area (Å²) >= 11 is 11.8. The maximum atomic E-state index is 11.3. The summed E-state index contributed by atoms with van der Waals surface area (Å²) in [7, 11) is 0. The van der Waals surface area contributed by atoms with Crippen LogP contribution in [-0.2, 0) is 11.3 Å². The van der Waals surface area contributed by atoms with Crippen LogP contribution in [0.1, 0.15) is 12.5 Å². The Labute approximate surface area is 110 Å². The summed E-state index contributed by atoms with van der Waals surface area (Å²) in [5.41, 5.74) is 6.23. The fourth-order valence-corrected chi connectivity index (χ4v) is 1.90. The van der Waals surface area contributed by atoms with E-state index in [1.807, 2.05) is 6.92 Å². The van der Waals surface area contributed by atoms with Crippen molar-refractivity contribution in [2.24, 2.45) is 5.73 Å². The number of halogens is 2. The van der Waals surface area contributed by atoms with Crippen molar-refractivity contribution >= 4 is 29.1 Å². The highest BCUT2D eigenvalue weighted by atomic mass is 35.5. The molecule has 94 valence electrons. The Hall–Kier alpha value is -0.970. The number of rotatable bonds is 5. The summed E-state index contributed by atoms with van der Waals surface area (Å²) in [6.07, 6.45) is 0. The molecule has 3 N–H and O–H groups in total. The number of carbonyl (C=O) groups is 1. The molecule has 0 aromatic heterocycles. The topological polar surface area (TPSA) is 64.3 Å². The van der Waals surface area contributed by atoms with Gasteiger partial charge in [0, 0.05) is 23.7 Å². The van der Waals surface area contributed by atoms with E-state index in [-0.39, 0.29) is 19.1 Å². The van der Waals surface area contributed by atoms with Crippen LogP contribution in [0.3, 0.4) is 0 Å². The fraction of sp³-hybridized carbons (Fsp3) is 0.364. The van der Waals surface area contributed by atoms with Crippen LogP contribution in [0.5, 0.6) is 5.75 Å². The Morgan fingerprint density at radius 3 is 2.76 bits per heavy atom. The summed E-state index contributed by atoms with van der Waals surface area (Å²) in [4.78, 5) is 11.3. The van der Waals surface area contributed by atoms with Gasteiger partial charge in [0.15, 0.2) is 6.61 Å². The molecule has 0 saturated heterocycles. The summed E-state index contributed by atoms with van der Waals surface area (Å²) in [6.45, 7) is 2.53. The number of hydrogen-bond acceptors (Lipinski definition) is 3. The van der Waals surface area contributed by atoms with E-state index >= 15 is 0 Å². The maximum Gasteiger partial charge on any atom is 0.257 e. The molecule has 4 nitrogen and oxygen atoms in total. The minimum Gasteiger partial charge on any atom is -0.482 e. The second-order valence-electron chi connectivity index (χ2n) is 3.32. The normalized spacial score (nSPS) is 10.1. The highest BCUT2D eigenvalue weighted by molar-refractivity contribution is 6.35. The van der Waals surface area contributed by atoms with Crippen molar-refractivity contribution in [2.45, 2.75) is 13.5 Å². The monoisotopic (exact) mass is 276 g/mol. The van der Waals surface area contributed by atoms with Gasteiger partial charge in [0.1, 0.15) is 5.75 Å². The third-order valence-corrected chi connectivity index (χ3v) is 2.53. The highest BCUT2D eigenvalue weighted by Gasteiger charge is 2.11. The second kappa shape index (κ2) is 6.69. The molecule has 1 aromatic carbocycles. The number of hydrogen-bond donors (Lipinski definition) is 2. The standard InChI is InChI=1S/C11H14Cl2N2O2/c1-2-15-10(16)6-17-11-7(5-14)3-8(12)4-9(11)13/h3-4H,2,5-6,14H2,1H3,(H,15,16). The van der Waals surface area contributed by atoms with Gasteiger partial charge in [0.05, 0.1) is 5.02 Å². The molecule has 1 amide bonds. The molecule has 0 atom stereocenters. The summed E-state index contributed by atoms with van der Waals surface area (Å²) in [5, 5.41) is 3.46. The summed E-state index contributed by atoms with van der Waals surface area (Å²) in [6, 6.07) is 3.22. The number of carbonyl (C=O) groups excluding carboxylic acids is 1.